The van der Waals surface area contributed by atoms with E-state index >= 15 is 0 Å². The van der Waals surface area contributed by atoms with Crippen molar-refractivity contribution >= 4 is 17.8 Å². The molecular weight excluding hydrogens is 302 g/mol. The second-order valence-electron chi connectivity index (χ2n) is 4.67. The summed E-state index contributed by atoms with van der Waals surface area (Å²) < 4.78 is 10.6. The summed E-state index contributed by atoms with van der Waals surface area (Å²) in [4.78, 5) is 22.2. The fourth-order valence-electron chi connectivity index (χ4n) is 1.72. The van der Waals surface area contributed by atoms with Crippen molar-refractivity contribution in [3.8, 4) is 5.75 Å². The lowest BCUT2D eigenvalue weighted by Gasteiger charge is -2.12. The number of carbonyl (C=O) groups is 1. The number of ether oxygens (including phenoxy) is 1. The quantitative estimate of drug-likeness (QED) is 0.500. The number of hydrazone groups is 1. The van der Waals surface area contributed by atoms with E-state index in [-0.39, 0.29) is 11.4 Å². The van der Waals surface area contributed by atoms with Crippen LogP contribution < -0.4 is 10.2 Å². The van der Waals surface area contributed by atoms with E-state index in [9.17, 15) is 14.9 Å². The molecule has 120 valence electrons. The molecule has 1 amide bonds. The highest BCUT2D eigenvalue weighted by Crippen LogP contribution is 2.26. The first-order chi connectivity index (χ1) is 11.0. The second kappa shape index (κ2) is 7.21. The van der Waals surface area contributed by atoms with E-state index in [1.54, 1.807) is 25.1 Å². The third kappa shape index (κ3) is 4.40. The number of hydrogen-bond donors (Lipinski definition) is 1. The topological polar surface area (TPSA) is 107 Å². The van der Waals surface area contributed by atoms with Crippen LogP contribution in [0.3, 0.4) is 0 Å². The van der Waals surface area contributed by atoms with Crippen molar-refractivity contribution in [2.24, 2.45) is 5.10 Å². The van der Waals surface area contributed by atoms with Crippen LogP contribution in [0.25, 0.3) is 0 Å². The summed E-state index contributed by atoms with van der Waals surface area (Å²) in [7, 11) is 0. The van der Waals surface area contributed by atoms with Crippen LogP contribution in [-0.4, -0.2) is 23.1 Å². The van der Waals surface area contributed by atoms with E-state index in [0.29, 0.717) is 5.76 Å². The lowest BCUT2D eigenvalue weighted by molar-refractivity contribution is -0.386. The third-order valence-electron chi connectivity index (χ3n) is 2.86. The maximum atomic E-state index is 11.9. The van der Waals surface area contributed by atoms with E-state index in [0.717, 1.165) is 5.76 Å². The molecule has 8 nitrogen and oxygen atoms in total. The van der Waals surface area contributed by atoms with Gasteiger partial charge >= 0.3 is 5.69 Å². The van der Waals surface area contributed by atoms with Crippen LogP contribution in [0.5, 0.6) is 5.75 Å². The zero-order valence-electron chi connectivity index (χ0n) is 12.6. The highest BCUT2D eigenvalue weighted by molar-refractivity contribution is 5.83. The molecule has 1 aromatic heterocycles. The molecule has 0 saturated heterocycles. The van der Waals surface area contributed by atoms with Crippen molar-refractivity contribution in [2.75, 3.05) is 0 Å². The number of nitrogens with zero attached hydrogens (tertiary/aromatic N) is 2. The van der Waals surface area contributed by atoms with Gasteiger partial charge in [-0.05, 0) is 32.0 Å². The van der Waals surface area contributed by atoms with Gasteiger partial charge in [-0.25, -0.2) is 5.43 Å². The molecule has 2 rings (SSSR count). The van der Waals surface area contributed by atoms with Crippen LogP contribution >= 0.6 is 0 Å². The molecule has 0 radical (unpaired) electrons. The van der Waals surface area contributed by atoms with Crippen molar-refractivity contribution in [1.82, 2.24) is 5.43 Å². The fourth-order valence-corrected chi connectivity index (χ4v) is 1.72. The van der Waals surface area contributed by atoms with Gasteiger partial charge in [0, 0.05) is 6.07 Å². The number of nitrogens with one attached hydrogen (secondary N) is 1. The number of para-hydroxylation sites is 2. The number of hydrogen-bond acceptors (Lipinski definition) is 6. The Hall–Kier alpha value is -3.16. The lowest BCUT2D eigenvalue weighted by atomic mass is 10.3. The van der Waals surface area contributed by atoms with Crippen molar-refractivity contribution in [3.63, 3.8) is 0 Å². The van der Waals surface area contributed by atoms with E-state index < -0.39 is 16.9 Å². The van der Waals surface area contributed by atoms with E-state index in [2.05, 4.69) is 10.5 Å². The van der Waals surface area contributed by atoms with Crippen LogP contribution in [0.4, 0.5) is 5.69 Å². The van der Waals surface area contributed by atoms with Crippen molar-refractivity contribution < 1.29 is 18.9 Å². The number of carbonyl (C=O) groups excluding carboxylic acids is 1. The van der Waals surface area contributed by atoms with Gasteiger partial charge in [-0.3, -0.25) is 14.9 Å². The minimum atomic E-state index is -0.952. The van der Waals surface area contributed by atoms with Gasteiger partial charge in [-0.15, -0.1) is 0 Å². The smallest absolute Gasteiger partial charge is 0.310 e. The van der Waals surface area contributed by atoms with Crippen molar-refractivity contribution in [2.45, 2.75) is 20.0 Å². The van der Waals surface area contributed by atoms with Crippen LogP contribution in [0, 0.1) is 17.0 Å². The molecule has 1 unspecified atom stereocenters. The summed E-state index contributed by atoms with van der Waals surface area (Å²) in [5.74, 6) is 0.703. The first kappa shape index (κ1) is 16.2. The van der Waals surface area contributed by atoms with Gasteiger partial charge in [0.25, 0.3) is 5.91 Å². The average molecular weight is 317 g/mol. The minimum absolute atomic E-state index is 0.0192. The molecule has 0 aliphatic rings. The van der Waals surface area contributed by atoms with Gasteiger partial charge in [-0.1, -0.05) is 12.1 Å². The summed E-state index contributed by atoms with van der Waals surface area (Å²) in [6, 6.07) is 9.31. The monoisotopic (exact) mass is 317 g/mol. The number of nitro groups is 1. The summed E-state index contributed by atoms with van der Waals surface area (Å²) in [5.41, 5.74) is 2.08. The number of benzene rings is 1. The lowest BCUT2D eigenvalue weighted by Crippen LogP contribution is -2.33. The van der Waals surface area contributed by atoms with Gasteiger partial charge in [-0.2, -0.15) is 5.10 Å². The molecule has 1 aromatic carbocycles. The third-order valence-corrected chi connectivity index (χ3v) is 2.86. The normalized spacial score (nSPS) is 12.1. The Balaban J connectivity index is 1.95. The van der Waals surface area contributed by atoms with Crippen LogP contribution in [0.1, 0.15) is 18.4 Å². The SMILES string of the molecule is Cc1ccc(/C=N/NC(=O)C(C)Oc2ccccc2[N+](=O)[O-])o1. The highest BCUT2D eigenvalue weighted by atomic mass is 16.6. The summed E-state index contributed by atoms with van der Waals surface area (Å²) in [6.45, 7) is 3.26. The van der Waals surface area contributed by atoms with E-state index in [1.807, 2.05) is 0 Å². The van der Waals surface area contributed by atoms with Gasteiger partial charge in [0.05, 0.1) is 11.1 Å². The standard InChI is InChI=1S/C15H15N3O5/c1-10-7-8-12(22-10)9-16-17-15(19)11(2)23-14-6-4-3-5-13(14)18(20)21/h3-9,11H,1-2H3,(H,17,19)/b16-9+. The predicted molar refractivity (Wildman–Crippen MR) is 82.4 cm³/mol. The summed E-state index contributed by atoms with van der Waals surface area (Å²) in [5, 5.41) is 14.6. The van der Waals surface area contributed by atoms with Crippen LogP contribution in [0.2, 0.25) is 0 Å². The molecule has 8 heteroatoms. The first-order valence-electron chi connectivity index (χ1n) is 6.77. The second-order valence-corrected chi connectivity index (χ2v) is 4.67. The molecule has 0 fully saturated rings. The Morgan fingerprint density at radius 1 is 1.39 bits per heavy atom. The molecule has 1 atom stereocenters. The molecule has 1 N–H and O–H groups in total. The minimum Gasteiger partial charge on any atom is -0.474 e. The highest BCUT2D eigenvalue weighted by Gasteiger charge is 2.20. The molecule has 0 aliphatic heterocycles. The largest absolute Gasteiger partial charge is 0.474 e. The Morgan fingerprint density at radius 2 is 2.13 bits per heavy atom. The summed E-state index contributed by atoms with van der Waals surface area (Å²) >= 11 is 0. The molecule has 23 heavy (non-hydrogen) atoms. The Bertz CT molecular complexity index is 738. The molecule has 2 aromatic rings. The number of nitro benzene ring substituents is 1. The molecule has 0 saturated carbocycles. The first-order valence-corrected chi connectivity index (χ1v) is 6.77. The van der Waals surface area contributed by atoms with Gasteiger partial charge in [0.1, 0.15) is 11.5 Å². The Labute approximate surface area is 131 Å². The maximum absolute atomic E-state index is 11.9. The Morgan fingerprint density at radius 3 is 2.78 bits per heavy atom. The molecule has 0 bridgehead atoms. The average Bonchev–Trinajstić information content (AvgIpc) is 2.93. The number of rotatable bonds is 6. The molecule has 0 aliphatic carbocycles. The van der Waals surface area contributed by atoms with E-state index in [4.69, 9.17) is 9.15 Å². The zero-order chi connectivity index (χ0) is 16.8. The summed E-state index contributed by atoms with van der Waals surface area (Å²) in [6.07, 6.45) is 0.398. The fraction of sp³-hybridized carbons (Fsp3) is 0.200. The number of furan rings is 1. The van der Waals surface area contributed by atoms with Crippen LogP contribution in [-0.2, 0) is 4.79 Å². The van der Waals surface area contributed by atoms with Gasteiger partial charge in [0.15, 0.2) is 11.9 Å². The maximum Gasteiger partial charge on any atom is 0.310 e. The zero-order valence-corrected chi connectivity index (χ0v) is 12.6. The van der Waals surface area contributed by atoms with Crippen molar-refractivity contribution in [1.29, 1.82) is 0 Å². The predicted octanol–water partition coefficient (Wildman–Crippen LogP) is 2.41. The molecular formula is C15H15N3O5. The van der Waals surface area contributed by atoms with Crippen LogP contribution in [0.15, 0.2) is 45.9 Å². The Kier molecular flexibility index (Phi) is 5.08. The molecule has 0 spiro atoms. The number of aryl methyl sites for hydroxylation is 1. The number of amides is 1. The molecule has 1 heterocycles. The van der Waals surface area contributed by atoms with E-state index in [1.165, 1.54) is 31.3 Å². The van der Waals surface area contributed by atoms with Gasteiger partial charge in [0.2, 0.25) is 0 Å². The van der Waals surface area contributed by atoms with Crippen molar-refractivity contribution in [3.05, 3.63) is 58.0 Å². The van der Waals surface area contributed by atoms with Gasteiger partial charge < -0.3 is 9.15 Å².